The Morgan fingerprint density at radius 3 is 1.53 bits per heavy atom. The summed E-state index contributed by atoms with van der Waals surface area (Å²) in [5, 5.41) is 37.6. The number of hydrogen-bond acceptors (Lipinski definition) is 10. The molecule has 0 fully saturated rings. The zero-order valence-corrected chi connectivity index (χ0v) is 17.8. The van der Waals surface area contributed by atoms with Crippen LogP contribution in [0.2, 0.25) is 0 Å². The van der Waals surface area contributed by atoms with Gasteiger partial charge >= 0.3 is 11.9 Å². The second-order valence-electron chi connectivity index (χ2n) is 7.79. The van der Waals surface area contributed by atoms with Crippen LogP contribution >= 0.6 is 0 Å². The number of fused-ring (bicyclic) bond motifs is 2. The molecule has 10 nitrogen and oxygen atoms in total. The van der Waals surface area contributed by atoms with Gasteiger partial charge in [0, 0.05) is 11.8 Å². The van der Waals surface area contributed by atoms with Crippen molar-refractivity contribution in [2.75, 3.05) is 27.4 Å². The third-order valence-corrected chi connectivity index (χ3v) is 6.28. The summed E-state index contributed by atoms with van der Waals surface area (Å²) >= 11 is 0. The smallest absolute Gasteiger partial charge is 0.337 e. The van der Waals surface area contributed by atoms with Gasteiger partial charge in [0.2, 0.25) is 12.6 Å². The average Bonchev–Trinajstić information content (AvgIpc) is 3.44. The van der Waals surface area contributed by atoms with Crippen LogP contribution in [-0.2, 0) is 28.5 Å². The van der Waals surface area contributed by atoms with Crippen LogP contribution in [0.3, 0.4) is 0 Å². The Hall–Kier alpha value is -2.66. The lowest BCUT2D eigenvalue weighted by Gasteiger charge is -2.31. The SMILES string of the molecule is COC(=O)C1=CO[C@H](O)[C@H]2C(CO)=CC[C@@H]12.COC(=O)C1=CO[C@H](O)[C@H]2C(CO)=CC[C@@H]12. The maximum atomic E-state index is 11.5. The maximum absolute atomic E-state index is 11.5. The van der Waals surface area contributed by atoms with Crippen molar-refractivity contribution >= 4 is 11.9 Å². The number of carbonyl (C=O) groups is 2. The van der Waals surface area contributed by atoms with Gasteiger partial charge in [0.05, 0.1) is 62.9 Å². The number of methoxy groups -OCH3 is 2. The number of esters is 2. The lowest BCUT2D eigenvalue weighted by Crippen LogP contribution is -2.35. The summed E-state index contributed by atoms with van der Waals surface area (Å²) in [5.41, 5.74) is 2.26. The molecule has 0 bridgehead atoms. The first-order valence-corrected chi connectivity index (χ1v) is 10.2. The van der Waals surface area contributed by atoms with Gasteiger partial charge in [-0.25, -0.2) is 9.59 Å². The first-order valence-electron chi connectivity index (χ1n) is 10.2. The van der Waals surface area contributed by atoms with Crippen molar-refractivity contribution < 1.29 is 49.0 Å². The molecule has 0 radical (unpaired) electrons. The number of ether oxygens (including phenoxy) is 4. The van der Waals surface area contributed by atoms with Crippen LogP contribution in [0.25, 0.3) is 0 Å². The van der Waals surface area contributed by atoms with Gasteiger partial charge in [0.15, 0.2) is 0 Å². The quantitative estimate of drug-likeness (QED) is 0.336. The van der Waals surface area contributed by atoms with Gasteiger partial charge in [-0.3, -0.25) is 0 Å². The van der Waals surface area contributed by atoms with Gasteiger partial charge in [-0.15, -0.1) is 0 Å². The average molecular weight is 452 g/mol. The van der Waals surface area contributed by atoms with E-state index in [9.17, 15) is 19.8 Å². The van der Waals surface area contributed by atoms with Crippen molar-refractivity contribution in [3.05, 3.63) is 47.0 Å². The first kappa shape index (κ1) is 24.0. The normalized spacial score (nSPS) is 32.3. The summed E-state index contributed by atoms with van der Waals surface area (Å²) in [6.45, 7) is -0.258. The highest BCUT2D eigenvalue weighted by atomic mass is 16.6. The van der Waals surface area contributed by atoms with Crippen LogP contribution in [-0.4, -0.2) is 72.4 Å². The van der Waals surface area contributed by atoms with E-state index in [2.05, 4.69) is 9.47 Å². The third kappa shape index (κ3) is 4.44. The van der Waals surface area contributed by atoms with Crippen LogP contribution in [0.4, 0.5) is 0 Å². The van der Waals surface area contributed by atoms with E-state index in [-0.39, 0.29) is 36.9 Å². The van der Waals surface area contributed by atoms with Gasteiger partial charge in [0.25, 0.3) is 0 Å². The molecule has 0 amide bonds. The van der Waals surface area contributed by atoms with Crippen molar-refractivity contribution in [2.45, 2.75) is 25.4 Å². The molecule has 10 heteroatoms. The number of carbonyl (C=O) groups excluding carboxylic acids is 2. The van der Waals surface area contributed by atoms with Gasteiger partial charge in [-0.2, -0.15) is 0 Å². The highest BCUT2D eigenvalue weighted by Crippen LogP contribution is 2.43. The molecule has 0 aromatic heterocycles. The number of rotatable bonds is 4. The minimum Gasteiger partial charge on any atom is -0.472 e. The second kappa shape index (κ2) is 10.3. The maximum Gasteiger partial charge on any atom is 0.337 e. The molecule has 176 valence electrons. The van der Waals surface area contributed by atoms with Crippen LogP contribution in [0.1, 0.15) is 12.8 Å². The fourth-order valence-corrected chi connectivity index (χ4v) is 4.65. The van der Waals surface area contributed by atoms with E-state index in [4.69, 9.17) is 19.7 Å². The number of allylic oxidation sites excluding steroid dienone is 2. The van der Waals surface area contributed by atoms with Gasteiger partial charge < -0.3 is 39.4 Å². The molecule has 2 heterocycles. The predicted molar refractivity (Wildman–Crippen MR) is 108 cm³/mol. The lowest BCUT2D eigenvalue weighted by atomic mass is 9.83. The summed E-state index contributed by atoms with van der Waals surface area (Å²) < 4.78 is 19.3. The largest absolute Gasteiger partial charge is 0.472 e. The van der Waals surface area contributed by atoms with Gasteiger partial charge in [0.1, 0.15) is 0 Å². The molecule has 4 N–H and O–H groups in total. The fraction of sp³-hybridized carbons (Fsp3) is 0.545. The Labute approximate surface area is 185 Å². The van der Waals surface area contributed by atoms with Crippen molar-refractivity contribution in [1.29, 1.82) is 0 Å². The van der Waals surface area contributed by atoms with Crippen molar-refractivity contribution in [2.24, 2.45) is 23.7 Å². The van der Waals surface area contributed by atoms with Crippen molar-refractivity contribution in [1.82, 2.24) is 0 Å². The predicted octanol–water partition coefficient (Wildman–Crippen LogP) is -0.107. The molecule has 6 atom stereocenters. The minimum absolute atomic E-state index is 0.129. The first-order chi connectivity index (χ1) is 15.4. The molecule has 2 aliphatic heterocycles. The fourth-order valence-electron chi connectivity index (χ4n) is 4.65. The highest BCUT2D eigenvalue weighted by Gasteiger charge is 2.44. The molecular formula is C22H28O10. The molecule has 2 aliphatic carbocycles. The molecular weight excluding hydrogens is 424 g/mol. The Kier molecular flexibility index (Phi) is 7.73. The monoisotopic (exact) mass is 452 g/mol. The molecule has 0 aromatic rings. The summed E-state index contributed by atoms with van der Waals surface area (Å²) in [6, 6.07) is 0. The van der Waals surface area contributed by atoms with E-state index in [1.807, 2.05) is 12.2 Å². The topological polar surface area (TPSA) is 152 Å². The minimum atomic E-state index is -1.00. The highest BCUT2D eigenvalue weighted by molar-refractivity contribution is 5.89. The van der Waals surface area contributed by atoms with E-state index >= 15 is 0 Å². The van der Waals surface area contributed by atoms with E-state index in [0.29, 0.717) is 35.1 Å². The van der Waals surface area contributed by atoms with E-state index < -0.39 is 24.5 Å². The summed E-state index contributed by atoms with van der Waals surface area (Å²) in [6.07, 6.45) is 5.41. The van der Waals surface area contributed by atoms with E-state index in [1.54, 1.807) is 0 Å². The standard InChI is InChI=1S/2C11H14O5/c2*1-15-10(13)8-5-16-11(14)9-6(4-12)2-3-7(8)9/h2*2,5,7,9,11-12,14H,3-4H2,1H3/t2*7-,9-,11-/m00/s1. The third-order valence-electron chi connectivity index (χ3n) is 6.28. The lowest BCUT2D eigenvalue weighted by molar-refractivity contribution is -0.142. The summed E-state index contributed by atoms with van der Waals surface area (Å²) in [4.78, 5) is 22.9. The molecule has 4 aliphatic rings. The molecule has 4 rings (SSSR count). The Morgan fingerprint density at radius 1 is 0.844 bits per heavy atom. The Morgan fingerprint density at radius 2 is 1.22 bits per heavy atom. The van der Waals surface area contributed by atoms with Crippen LogP contribution in [0, 0.1) is 23.7 Å². The molecule has 0 spiro atoms. The summed E-state index contributed by atoms with van der Waals surface area (Å²) in [7, 11) is 2.61. The van der Waals surface area contributed by atoms with Gasteiger partial charge in [-0.1, -0.05) is 12.2 Å². The molecule has 0 saturated heterocycles. The number of aliphatic hydroxyl groups excluding tert-OH is 4. The molecule has 0 saturated carbocycles. The molecule has 32 heavy (non-hydrogen) atoms. The number of hydrogen-bond donors (Lipinski definition) is 4. The van der Waals surface area contributed by atoms with E-state index in [0.717, 1.165) is 0 Å². The molecule has 0 unspecified atom stereocenters. The second-order valence-corrected chi connectivity index (χ2v) is 7.79. The van der Waals surface area contributed by atoms with Crippen molar-refractivity contribution in [3.63, 3.8) is 0 Å². The van der Waals surface area contributed by atoms with Gasteiger partial charge in [-0.05, 0) is 24.0 Å². The van der Waals surface area contributed by atoms with Crippen molar-refractivity contribution in [3.8, 4) is 0 Å². The summed E-state index contributed by atoms with van der Waals surface area (Å²) in [5.74, 6) is -1.89. The van der Waals surface area contributed by atoms with Crippen LogP contribution in [0.15, 0.2) is 47.0 Å². The van der Waals surface area contributed by atoms with E-state index in [1.165, 1.54) is 26.7 Å². The molecule has 0 aromatic carbocycles. The zero-order valence-electron chi connectivity index (χ0n) is 17.8. The Balaban J connectivity index is 0.000000181. The Bertz CT molecular complexity index is 785. The van der Waals surface area contributed by atoms with Crippen LogP contribution < -0.4 is 0 Å². The zero-order chi connectivity index (χ0) is 23.4. The van der Waals surface area contributed by atoms with Crippen LogP contribution in [0.5, 0.6) is 0 Å². The number of aliphatic hydroxyl groups is 4.